The second kappa shape index (κ2) is 9.29. The van der Waals surface area contributed by atoms with Crippen LogP contribution >= 0.6 is 15.9 Å². The summed E-state index contributed by atoms with van der Waals surface area (Å²) >= 11 is 3.31. The van der Waals surface area contributed by atoms with Crippen molar-refractivity contribution in [1.29, 1.82) is 0 Å². The highest BCUT2D eigenvalue weighted by atomic mass is 79.9. The van der Waals surface area contributed by atoms with Crippen molar-refractivity contribution in [3.05, 3.63) is 58.1 Å². The summed E-state index contributed by atoms with van der Waals surface area (Å²) in [7, 11) is 0. The van der Waals surface area contributed by atoms with Crippen molar-refractivity contribution in [1.82, 2.24) is 5.32 Å². The molecule has 3 rings (SSSR count). The van der Waals surface area contributed by atoms with E-state index in [1.54, 1.807) is 42.5 Å². The number of hydrogen-bond acceptors (Lipinski definition) is 5. The van der Waals surface area contributed by atoms with E-state index < -0.39 is 17.8 Å². The Balaban J connectivity index is 1.98. The number of ether oxygens (including phenoxy) is 2. The molecule has 0 bridgehead atoms. The van der Waals surface area contributed by atoms with E-state index in [0.717, 1.165) is 4.90 Å². The van der Waals surface area contributed by atoms with Crippen molar-refractivity contribution in [3.63, 3.8) is 0 Å². The molecule has 0 radical (unpaired) electrons. The average molecular weight is 469 g/mol. The average Bonchev–Trinajstić information content (AvgIpc) is 2.70. The Labute approximate surface area is 181 Å². The summed E-state index contributed by atoms with van der Waals surface area (Å²) in [5.74, 6) is 1.74. The van der Waals surface area contributed by atoms with Crippen LogP contribution in [0.25, 0.3) is 6.08 Å². The first-order valence-corrected chi connectivity index (χ1v) is 9.74. The zero-order valence-corrected chi connectivity index (χ0v) is 17.6. The van der Waals surface area contributed by atoms with Gasteiger partial charge in [-0.3, -0.25) is 14.9 Å². The van der Waals surface area contributed by atoms with Crippen LogP contribution in [-0.4, -0.2) is 31.1 Å². The number of nitrogens with zero attached hydrogens (tertiary/aromatic N) is 1. The van der Waals surface area contributed by atoms with Gasteiger partial charge in [0.15, 0.2) is 11.5 Å². The Morgan fingerprint density at radius 3 is 2.63 bits per heavy atom. The van der Waals surface area contributed by atoms with Gasteiger partial charge in [-0.2, -0.15) is 0 Å². The van der Waals surface area contributed by atoms with Crippen LogP contribution in [0.1, 0.15) is 12.5 Å². The number of barbiturate groups is 1. The van der Waals surface area contributed by atoms with Gasteiger partial charge in [0.2, 0.25) is 0 Å². The molecule has 152 valence electrons. The van der Waals surface area contributed by atoms with E-state index in [0.29, 0.717) is 33.8 Å². The van der Waals surface area contributed by atoms with Gasteiger partial charge in [0.1, 0.15) is 12.2 Å². The molecule has 0 aliphatic carbocycles. The highest BCUT2D eigenvalue weighted by Crippen LogP contribution is 2.30. The zero-order chi connectivity index (χ0) is 21.7. The van der Waals surface area contributed by atoms with Gasteiger partial charge in [-0.25, -0.2) is 9.69 Å². The minimum Gasteiger partial charge on any atom is -0.490 e. The Kier molecular flexibility index (Phi) is 6.54. The molecule has 1 N–H and O–H groups in total. The van der Waals surface area contributed by atoms with Crippen LogP contribution < -0.4 is 19.7 Å². The summed E-state index contributed by atoms with van der Waals surface area (Å²) in [4.78, 5) is 38.5. The quantitative estimate of drug-likeness (QED) is 0.398. The lowest BCUT2D eigenvalue weighted by molar-refractivity contribution is -0.122. The number of amides is 4. The van der Waals surface area contributed by atoms with Gasteiger partial charge in [0.05, 0.1) is 12.3 Å². The van der Waals surface area contributed by atoms with Crippen LogP contribution in [0.3, 0.4) is 0 Å². The molecule has 30 heavy (non-hydrogen) atoms. The third kappa shape index (κ3) is 4.53. The number of carbonyl (C=O) groups is 3. The lowest BCUT2D eigenvalue weighted by atomic mass is 10.1. The number of imide groups is 2. The number of carbonyl (C=O) groups excluding carboxylic acids is 3. The number of hydrogen-bond donors (Lipinski definition) is 1. The molecule has 1 aliphatic rings. The van der Waals surface area contributed by atoms with Crippen molar-refractivity contribution in [2.75, 3.05) is 18.1 Å². The van der Waals surface area contributed by atoms with Crippen LogP contribution in [-0.2, 0) is 9.59 Å². The summed E-state index contributed by atoms with van der Waals surface area (Å²) in [6.07, 6.45) is 6.62. The van der Waals surface area contributed by atoms with Gasteiger partial charge < -0.3 is 9.47 Å². The first-order chi connectivity index (χ1) is 14.4. The van der Waals surface area contributed by atoms with E-state index in [4.69, 9.17) is 15.9 Å². The molecule has 0 saturated carbocycles. The SMILES string of the molecule is C#CCOc1ccc(/C=C2\C(=O)NC(=O)N(c3cccc(Br)c3)C2=O)cc1OCC. The number of halogens is 1. The molecule has 7 nitrogen and oxygen atoms in total. The van der Waals surface area contributed by atoms with Gasteiger partial charge in [-0.15, -0.1) is 6.42 Å². The fourth-order valence-electron chi connectivity index (χ4n) is 2.80. The van der Waals surface area contributed by atoms with E-state index >= 15 is 0 Å². The topological polar surface area (TPSA) is 84.9 Å². The minimum absolute atomic E-state index is 0.0745. The zero-order valence-electron chi connectivity index (χ0n) is 16.0. The summed E-state index contributed by atoms with van der Waals surface area (Å²) < 4.78 is 11.7. The number of terminal acetylenes is 1. The molecule has 0 spiro atoms. The number of nitrogens with one attached hydrogen (secondary N) is 1. The van der Waals surface area contributed by atoms with Crippen molar-refractivity contribution >= 4 is 45.5 Å². The van der Waals surface area contributed by atoms with E-state index in [2.05, 4.69) is 27.2 Å². The number of rotatable bonds is 6. The second-order valence-corrected chi connectivity index (χ2v) is 6.99. The maximum Gasteiger partial charge on any atom is 0.335 e. The summed E-state index contributed by atoms with van der Waals surface area (Å²) in [6.45, 7) is 2.28. The molecule has 4 amide bonds. The molecule has 0 atom stereocenters. The van der Waals surface area contributed by atoms with Gasteiger partial charge in [-0.05, 0) is 48.9 Å². The summed E-state index contributed by atoms with van der Waals surface area (Å²) in [5, 5.41) is 2.19. The number of anilines is 1. The molecule has 0 unspecified atom stereocenters. The van der Waals surface area contributed by atoms with Gasteiger partial charge in [0, 0.05) is 4.47 Å². The fraction of sp³-hybridized carbons (Fsp3) is 0.136. The predicted octanol–water partition coefficient (Wildman–Crippen LogP) is 3.53. The van der Waals surface area contributed by atoms with Crippen LogP contribution in [0.5, 0.6) is 11.5 Å². The van der Waals surface area contributed by atoms with Gasteiger partial charge in [-0.1, -0.05) is 34.0 Å². The van der Waals surface area contributed by atoms with Crippen LogP contribution in [0.2, 0.25) is 0 Å². The van der Waals surface area contributed by atoms with E-state index in [1.165, 1.54) is 6.08 Å². The van der Waals surface area contributed by atoms with Crippen LogP contribution in [0, 0.1) is 12.3 Å². The Hall–Kier alpha value is -3.57. The Morgan fingerprint density at radius 2 is 1.93 bits per heavy atom. The van der Waals surface area contributed by atoms with Crippen LogP contribution in [0.15, 0.2) is 52.5 Å². The standard InChI is InChI=1S/C22H17BrN2O5/c1-3-10-30-18-9-8-14(12-19(18)29-4-2)11-17-20(26)24-22(28)25(21(17)27)16-7-5-6-15(23)13-16/h1,5-9,11-13H,4,10H2,2H3,(H,24,26,28)/b17-11+. The molecule has 1 fully saturated rings. The molecule has 1 saturated heterocycles. The minimum atomic E-state index is -0.812. The maximum atomic E-state index is 13.0. The molecular formula is C22H17BrN2O5. The van der Waals surface area contributed by atoms with E-state index in [-0.39, 0.29) is 12.2 Å². The van der Waals surface area contributed by atoms with Crippen molar-refractivity contribution < 1.29 is 23.9 Å². The van der Waals surface area contributed by atoms with E-state index in [9.17, 15) is 14.4 Å². The van der Waals surface area contributed by atoms with Crippen molar-refractivity contribution in [2.24, 2.45) is 0 Å². The monoisotopic (exact) mass is 468 g/mol. The van der Waals surface area contributed by atoms with Gasteiger partial charge >= 0.3 is 6.03 Å². The molecule has 1 heterocycles. The smallest absolute Gasteiger partial charge is 0.335 e. The number of urea groups is 1. The normalized spacial score (nSPS) is 15.0. The molecule has 0 aromatic heterocycles. The predicted molar refractivity (Wildman–Crippen MR) is 115 cm³/mol. The first-order valence-electron chi connectivity index (χ1n) is 8.94. The third-order valence-electron chi connectivity index (χ3n) is 4.06. The first kappa shape index (κ1) is 21.1. The fourth-order valence-corrected chi connectivity index (χ4v) is 3.18. The lowest BCUT2D eigenvalue weighted by Crippen LogP contribution is -2.54. The highest BCUT2D eigenvalue weighted by Gasteiger charge is 2.36. The molecule has 2 aromatic carbocycles. The van der Waals surface area contributed by atoms with Crippen molar-refractivity contribution in [2.45, 2.75) is 6.92 Å². The molecular weight excluding hydrogens is 452 g/mol. The van der Waals surface area contributed by atoms with Crippen molar-refractivity contribution in [3.8, 4) is 23.8 Å². The maximum absolute atomic E-state index is 13.0. The van der Waals surface area contributed by atoms with E-state index in [1.807, 2.05) is 6.92 Å². The Bertz CT molecular complexity index is 1090. The third-order valence-corrected chi connectivity index (χ3v) is 4.55. The molecule has 8 heteroatoms. The van der Waals surface area contributed by atoms with Crippen LogP contribution in [0.4, 0.5) is 10.5 Å². The second-order valence-electron chi connectivity index (χ2n) is 6.07. The molecule has 1 aliphatic heterocycles. The summed E-state index contributed by atoms with van der Waals surface area (Å²) in [5.41, 5.74) is 0.668. The number of benzene rings is 2. The molecule has 2 aromatic rings. The van der Waals surface area contributed by atoms with Gasteiger partial charge in [0.25, 0.3) is 11.8 Å². The highest BCUT2D eigenvalue weighted by molar-refractivity contribution is 9.10. The largest absolute Gasteiger partial charge is 0.490 e. The summed E-state index contributed by atoms with van der Waals surface area (Å²) in [6, 6.07) is 10.8. The Morgan fingerprint density at radius 1 is 1.13 bits per heavy atom. The lowest BCUT2D eigenvalue weighted by Gasteiger charge is -2.26.